The average molecular weight is 776 g/mol. The normalized spacial score (nSPS) is 11.8. The molecule has 0 N–H and O–H groups in total. The number of aryl methyl sites for hydroxylation is 2. The minimum Gasteiger partial charge on any atom is -0.460 e. The van der Waals surface area contributed by atoms with E-state index >= 15 is 0 Å². The number of carbonyl (C=O) groups excluding carboxylic acids is 2. The van der Waals surface area contributed by atoms with Crippen LogP contribution in [-0.4, -0.2) is 80.0 Å². The van der Waals surface area contributed by atoms with Gasteiger partial charge in [0.05, 0.1) is 13.2 Å². The van der Waals surface area contributed by atoms with E-state index in [-0.39, 0.29) is 45.9 Å². The van der Waals surface area contributed by atoms with Crippen LogP contribution in [0.1, 0.15) is 63.8 Å². The molecule has 0 aliphatic heterocycles. The molecule has 4 aromatic rings. The van der Waals surface area contributed by atoms with E-state index in [2.05, 4.69) is 9.80 Å². The zero-order chi connectivity index (χ0) is 39.0. The molecule has 2 heterocycles. The van der Waals surface area contributed by atoms with E-state index in [9.17, 15) is 19.2 Å². The Balaban J connectivity index is 1.83. The van der Waals surface area contributed by atoms with E-state index in [1.54, 1.807) is 26.0 Å². The van der Waals surface area contributed by atoms with Gasteiger partial charge >= 0.3 is 29.0 Å². The van der Waals surface area contributed by atoms with Crippen LogP contribution in [0.5, 0.6) is 11.5 Å². The highest BCUT2D eigenvalue weighted by Crippen LogP contribution is 2.40. The van der Waals surface area contributed by atoms with Gasteiger partial charge in [-0.1, -0.05) is 50.9 Å². The number of rotatable bonds is 18. The molecule has 2 aromatic carbocycles. The number of esters is 2. The number of carbonyl (C=O) groups is 2. The number of benzene rings is 2. The van der Waals surface area contributed by atoms with Gasteiger partial charge in [0.2, 0.25) is 0 Å². The van der Waals surface area contributed by atoms with Crippen LogP contribution in [0.4, 0.5) is 0 Å². The van der Waals surface area contributed by atoms with Crippen molar-refractivity contribution in [2.45, 2.75) is 74.0 Å². The summed E-state index contributed by atoms with van der Waals surface area (Å²) in [7, 11) is 0. The molecular formula is C39H48Cl2N2O10. The van der Waals surface area contributed by atoms with Crippen LogP contribution < -0.4 is 20.7 Å². The lowest BCUT2D eigenvalue weighted by Crippen LogP contribution is -2.58. The van der Waals surface area contributed by atoms with Crippen LogP contribution in [0.15, 0.2) is 42.7 Å². The molecule has 0 spiro atoms. The topological polar surface area (TPSA) is 138 Å². The first-order valence-electron chi connectivity index (χ1n) is 18.0. The first kappa shape index (κ1) is 41.7. The maximum Gasteiger partial charge on any atom is 0.453 e. The van der Waals surface area contributed by atoms with Gasteiger partial charge in [-0.15, -0.1) is 0 Å². The fourth-order valence-electron chi connectivity index (χ4n) is 6.20. The van der Waals surface area contributed by atoms with E-state index in [4.69, 9.17) is 51.0 Å². The summed E-state index contributed by atoms with van der Waals surface area (Å²) in [5.74, 6) is -6.02. The van der Waals surface area contributed by atoms with Crippen molar-refractivity contribution < 1.29 is 37.4 Å². The second-order valence-corrected chi connectivity index (χ2v) is 13.1. The van der Waals surface area contributed by atoms with E-state index in [1.165, 1.54) is 26.0 Å². The van der Waals surface area contributed by atoms with Gasteiger partial charge in [-0.2, -0.15) is 0 Å². The average Bonchev–Trinajstić information content (AvgIpc) is 3.13. The highest BCUT2D eigenvalue weighted by molar-refractivity contribution is 6.37. The largest absolute Gasteiger partial charge is 0.460 e. The molecule has 0 bridgehead atoms. The number of halogens is 2. The summed E-state index contributed by atoms with van der Waals surface area (Å²) < 4.78 is 34.1. The molecule has 0 aliphatic carbocycles. The van der Waals surface area contributed by atoms with E-state index in [0.29, 0.717) is 59.0 Å². The van der Waals surface area contributed by atoms with Gasteiger partial charge in [-0.3, -0.25) is 0 Å². The third-order valence-corrected chi connectivity index (χ3v) is 10.2. The number of hydrogen-bond donors (Lipinski definition) is 0. The first-order valence-corrected chi connectivity index (χ1v) is 18.7. The van der Waals surface area contributed by atoms with Gasteiger partial charge in [-0.05, 0) is 102 Å². The van der Waals surface area contributed by atoms with Crippen LogP contribution in [0.25, 0.3) is 21.9 Å². The van der Waals surface area contributed by atoms with Crippen LogP contribution in [-0.2, 0) is 31.9 Å². The third kappa shape index (κ3) is 8.67. The molecule has 14 heteroatoms. The van der Waals surface area contributed by atoms with Crippen LogP contribution in [0, 0.1) is 13.8 Å². The van der Waals surface area contributed by atoms with Crippen LogP contribution >= 0.6 is 23.2 Å². The molecular weight excluding hydrogens is 727 g/mol. The molecule has 2 aromatic heterocycles. The Labute approximate surface area is 318 Å². The summed E-state index contributed by atoms with van der Waals surface area (Å²) in [6.45, 7) is 19.2. The Morgan fingerprint density at radius 2 is 1.00 bits per heavy atom. The predicted molar refractivity (Wildman–Crippen MR) is 205 cm³/mol. The molecule has 0 fully saturated rings. The minimum absolute atomic E-state index is 0.0161. The smallest absolute Gasteiger partial charge is 0.453 e. The highest BCUT2D eigenvalue weighted by atomic mass is 35.5. The summed E-state index contributed by atoms with van der Waals surface area (Å²) in [6, 6.07) is 6.06. The van der Waals surface area contributed by atoms with Crippen LogP contribution in [0.3, 0.4) is 0 Å². The fraction of sp³-hybridized carbons (Fsp3) is 0.487. The standard InChI is InChI=1S/C39H48Cl2N2O10/c1-9-42(10-2)21-19-27-23(7)25-15-17-29(31(40)33(25)50-35(27)44)52-39(37(46)48-13-5,38(47)49-14-6)53-30-18-16-26-24(8)28(20-22-43(11-3)12-4)36(45)51-34(26)32(30)41/h15-18H,9-14,19-22H2,1-8H3. The molecule has 4 rings (SSSR count). The lowest BCUT2D eigenvalue weighted by atomic mass is 10.0. The van der Waals surface area contributed by atoms with Crippen molar-refractivity contribution >= 4 is 57.1 Å². The van der Waals surface area contributed by atoms with Gasteiger partial charge in [0.15, 0.2) is 11.2 Å². The van der Waals surface area contributed by atoms with Crippen molar-refractivity contribution in [2.24, 2.45) is 0 Å². The number of fused-ring (bicyclic) bond motifs is 2. The zero-order valence-corrected chi connectivity index (χ0v) is 33.1. The molecule has 53 heavy (non-hydrogen) atoms. The van der Waals surface area contributed by atoms with Crippen molar-refractivity contribution in [1.29, 1.82) is 0 Å². The Kier molecular flexibility index (Phi) is 14.4. The molecule has 0 saturated carbocycles. The monoisotopic (exact) mass is 774 g/mol. The molecule has 0 saturated heterocycles. The second-order valence-electron chi connectivity index (χ2n) is 12.3. The molecule has 12 nitrogen and oxygen atoms in total. The summed E-state index contributed by atoms with van der Waals surface area (Å²) in [5.41, 5.74) is 1.18. The third-order valence-electron chi connectivity index (χ3n) is 9.46. The lowest BCUT2D eigenvalue weighted by molar-refractivity contribution is -0.209. The van der Waals surface area contributed by atoms with E-state index < -0.39 is 29.0 Å². The van der Waals surface area contributed by atoms with Crippen molar-refractivity contribution in [3.63, 3.8) is 0 Å². The van der Waals surface area contributed by atoms with E-state index in [0.717, 1.165) is 26.2 Å². The number of ether oxygens (including phenoxy) is 4. The molecule has 288 valence electrons. The van der Waals surface area contributed by atoms with Gasteiger partial charge < -0.3 is 37.6 Å². The Morgan fingerprint density at radius 1 is 0.642 bits per heavy atom. The quantitative estimate of drug-likeness (QED) is 0.0451. The summed E-state index contributed by atoms with van der Waals surface area (Å²) >= 11 is 13.6. The van der Waals surface area contributed by atoms with Gasteiger partial charge in [-0.25, -0.2) is 19.2 Å². The molecule has 0 amide bonds. The summed E-state index contributed by atoms with van der Waals surface area (Å²) in [5, 5.41) is 0.663. The molecule has 0 unspecified atom stereocenters. The fourth-order valence-corrected chi connectivity index (χ4v) is 6.68. The summed E-state index contributed by atoms with van der Waals surface area (Å²) in [4.78, 5) is 58.4. The second kappa shape index (κ2) is 18.3. The molecule has 0 radical (unpaired) electrons. The lowest BCUT2D eigenvalue weighted by Gasteiger charge is -2.30. The van der Waals surface area contributed by atoms with Gasteiger partial charge in [0, 0.05) is 35.0 Å². The number of likely N-dealkylation sites (N-methyl/N-ethyl adjacent to an activating group) is 2. The predicted octanol–water partition coefficient (Wildman–Crippen LogP) is 6.87. The van der Waals surface area contributed by atoms with Crippen molar-refractivity contribution in [3.8, 4) is 11.5 Å². The van der Waals surface area contributed by atoms with Gasteiger partial charge in [0.1, 0.15) is 21.5 Å². The minimum atomic E-state index is -2.96. The Bertz CT molecular complexity index is 1920. The maximum absolute atomic E-state index is 13.8. The Hall–Kier alpha value is -4.10. The van der Waals surface area contributed by atoms with Gasteiger partial charge in [0.25, 0.3) is 0 Å². The van der Waals surface area contributed by atoms with E-state index in [1.807, 2.05) is 27.7 Å². The SMILES string of the molecule is CCOC(=O)C(Oc1ccc2c(C)c(CCN(CC)CC)c(=O)oc2c1Cl)(Oc1ccc2c(C)c(CCN(CC)CC)c(=O)oc2c1Cl)C(=O)OCC. The molecule has 0 aliphatic rings. The number of hydrogen-bond acceptors (Lipinski definition) is 12. The van der Waals surface area contributed by atoms with Crippen LogP contribution in [0.2, 0.25) is 10.0 Å². The highest BCUT2D eigenvalue weighted by Gasteiger charge is 2.57. The van der Waals surface area contributed by atoms with Crippen molar-refractivity contribution in [1.82, 2.24) is 9.80 Å². The number of nitrogens with zero attached hydrogens (tertiary/aromatic N) is 2. The van der Waals surface area contributed by atoms with Crippen molar-refractivity contribution in [3.05, 3.63) is 77.4 Å². The zero-order valence-electron chi connectivity index (χ0n) is 31.6. The molecule has 0 atom stereocenters. The van der Waals surface area contributed by atoms with Crippen molar-refractivity contribution in [2.75, 3.05) is 52.5 Å². The Morgan fingerprint density at radius 3 is 1.32 bits per heavy atom. The maximum atomic E-state index is 13.8. The summed E-state index contributed by atoms with van der Waals surface area (Å²) in [6.07, 6.45) is 0.933. The first-order chi connectivity index (χ1) is 25.3.